The molecule has 0 saturated carbocycles. The summed E-state index contributed by atoms with van der Waals surface area (Å²) in [6.07, 6.45) is 0.369. The molecule has 4 N–H and O–H groups in total. The Hall–Kier alpha value is -5.19. The Balaban J connectivity index is 1.38. The van der Waals surface area contributed by atoms with E-state index in [1.54, 1.807) is 48.5 Å². The number of carboxylic acid groups (broad SMARTS) is 1. The molecule has 11 nitrogen and oxygen atoms in total. The van der Waals surface area contributed by atoms with Gasteiger partial charge in [0.1, 0.15) is 31.3 Å². The van der Waals surface area contributed by atoms with Crippen LogP contribution in [-0.4, -0.2) is 71.0 Å². The van der Waals surface area contributed by atoms with E-state index >= 15 is 0 Å². The van der Waals surface area contributed by atoms with Crippen molar-refractivity contribution in [2.24, 2.45) is 0 Å². The zero-order chi connectivity index (χ0) is 31.3. The molecule has 3 aromatic carbocycles. The topological polar surface area (TPSA) is 154 Å². The number of likely N-dealkylation sites (tertiary alicyclic amines) is 1. The molecule has 4 amide bonds. The van der Waals surface area contributed by atoms with Crippen LogP contribution in [-0.2, 0) is 43.4 Å². The lowest BCUT2D eigenvalue weighted by Gasteiger charge is -2.27. The molecule has 0 spiro atoms. The van der Waals surface area contributed by atoms with E-state index in [1.165, 1.54) is 4.90 Å². The van der Waals surface area contributed by atoms with Crippen LogP contribution in [0.1, 0.15) is 29.5 Å². The number of ether oxygens (including phenoxy) is 1. The molecule has 0 aliphatic carbocycles. The molecule has 3 aromatic rings. The number of carboxylic acids is 1. The highest BCUT2D eigenvalue weighted by atomic mass is 16.5. The molecule has 4 rings (SSSR count). The van der Waals surface area contributed by atoms with Crippen LogP contribution >= 0.6 is 0 Å². The summed E-state index contributed by atoms with van der Waals surface area (Å²) in [4.78, 5) is 65.4. The molecular formula is C33H36N4O7. The first-order valence-corrected chi connectivity index (χ1v) is 14.5. The van der Waals surface area contributed by atoms with Gasteiger partial charge in [0.05, 0.1) is 0 Å². The largest absolute Gasteiger partial charge is 0.480 e. The lowest BCUT2D eigenvalue weighted by atomic mass is 10.0. The summed E-state index contributed by atoms with van der Waals surface area (Å²) >= 11 is 0. The number of carbonyl (C=O) groups excluding carboxylic acids is 4. The van der Waals surface area contributed by atoms with Gasteiger partial charge >= 0.3 is 12.1 Å². The summed E-state index contributed by atoms with van der Waals surface area (Å²) in [7, 11) is 0. The number of hydrogen-bond donors (Lipinski definition) is 4. The quantitative estimate of drug-likeness (QED) is 0.235. The molecule has 44 heavy (non-hydrogen) atoms. The summed E-state index contributed by atoms with van der Waals surface area (Å²) < 4.78 is 5.15. The van der Waals surface area contributed by atoms with Crippen molar-refractivity contribution in [1.29, 1.82) is 0 Å². The van der Waals surface area contributed by atoms with Gasteiger partial charge in [0.25, 0.3) is 0 Å². The van der Waals surface area contributed by atoms with E-state index < -0.39 is 47.9 Å². The fourth-order valence-corrected chi connectivity index (χ4v) is 5.01. The van der Waals surface area contributed by atoms with Crippen LogP contribution in [0, 0.1) is 0 Å². The molecule has 3 unspecified atom stereocenters. The molecule has 11 heteroatoms. The van der Waals surface area contributed by atoms with Crippen molar-refractivity contribution in [3.8, 4) is 0 Å². The number of alkyl carbamates (subject to hydrolysis) is 1. The van der Waals surface area contributed by atoms with Crippen LogP contribution < -0.4 is 16.0 Å². The van der Waals surface area contributed by atoms with E-state index in [4.69, 9.17) is 4.74 Å². The first-order chi connectivity index (χ1) is 21.3. The number of nitrogens with zero attached hydrogens (tertiary/aromatic N) is 1. The van der Waals surface area contributed by atoms with Gasteiger partial charge in [-0.25, -0.2) is 9.59 Å². The highest BCUT2D eigenvalue weighted by molar-refractivity contribution is 5.94. The lowest BCUT2D eigenvalue weighted by Crippen LogP contribution is -2.56. The number of aliphatic carboxylic acids is 1. The number of rotatable bonds is 13. The molecule has 1 aliphatic rings. The zero-order valence-electron chi connectivity index (χ0n) is 24.2. The summed E-state index contributed by atoms with van der Waals surface area (Å²) in [5.74, 6) is -2.84. The second-order valence-corrected chi connectivity index (χ2v) is 10.5. The first-order valence-electron chi connectivity index (χ1n) is 14.5. The molecule has 1 saturated heterocycles. The van der Waals surface area contributed by atoms with E-state index in [0.717, 1.165) is 16.7 Å². The Morgan fingerprint density at radius 1 is 0.773 bits per heavy atom. The van der Waals surface area contributed by atoms with Crippen molar-refractivity contribution in [3.63, 3.8) is 0 Å². The van der Waals surface area contributed by atoms with Gasteiger partial charge in [-0.15, -0.1) is 0 Å². The Kier molecular flexibility index (Phi) is 11.5. The second kappa shape index (κ2) is 15.9. The van der Waals surface area contributed by atoms with Gasteiger partial charge in [-0.2, -0.15) is 0 Å². The van der Waals surface area contributed by atoms with Crippen LogP contribution in [0.2, 0.25) is 0 Å². The Morgan fingerprint density at radius 2 is 1.32 bits per heavy atom. The third kappa shape index (κ3) is 9.41. The summed E-state index contributed by atoms with van der Waals surface area (Å²) in [6.45, 7) is 0.00501. The van der Waals surface area contributed by atoms with Gasteiger partial charge < -0.3 is 30.7 Å². The van der Waals surface area contributed by atoms with E-state index in [1.807, 2.05) is 42.5 Å². The summed E-state index contributed by atoms with van der Waals surface area (Å²) in [6, 6.07) is 23.9. The number of carbonyl (C=O) groups is 5. The van der Waals surface area contributed by atoms with Crippen molar-refractivity contribution in [2.75, 3.05) is 13.1 Å². The molecular weight excluding hydrogens is 564 g/mol. The third-order valence-corrected chi connectivity index (χ3v) is 7.29. The Labute approximate surface area is 255 Å². The number of benzene rings is 3. The maximum absolute atomic E-state index is 13.5. The number of amides is 4. The second-order valence-electron chi connectivity index (χ2n) is 10.5. The van der Waals surface area contributed by atoms with Crippen molar-refractivity contribution in [2.45, 2.75) is 50.4 Å². The van der Waals surface area contributed by atoms with Crippen molar-refractivity contribution < 1.29 is 33.8 Å². The number of nitrogens with one attached hydrogen (secondary N) is 3. The van der Waals surface area contributed by atoms with Crippen LogP contribution in [0.3, 0.4) is 0 Å². The fourth-order valence-electron chi connectivity index (χ4n) is 5.01. The van der Waals surface area contributed by atoms with E-state index in [2.05, 4.69) is 16.0 Å². The minimum atomic E-state index is -1.21. The average molecular weight is 601 g/mol. The fraction of sp³-hybridized carbons (Fsp3) is 0.303. The smallest absolute Gasteiger partial charge is 0.407 e. The molecule has 3 atom stereocenters. The van der Waals surface area contributed by atoms with Crippen LogP contribution in [0.5, 0.6) is 0 Å². The molecule has 0 aromatic heterocycles. The molecule has 1 fully saturated rings. The highest BCUT2D eigenvalue weighted by Crippen LogP contribution is 2.18. The van der Waals surface area contributed by atoms with Crippen molar-refractivity contribution >= 4 is 29.8 Å². The Bertz CT molecular complexity index is 1420. The molecule has 0 radical (unpaired) electrons. The van der Waals surface area contributed by atoms with Gasteiger partial charge in [0.2, 0.25) is 17.7 Å². The van der Waals surface area contributed by atoms with E-state index in [9.17, 15) is 29.1 Å². The predicted molar refractivity (Wildman–Crippen MR) is 161 cm³/mol. The van der Waals surface area contributed by atoms with Gasteiger partial charge in [0.15, 0.2) is 0 Å². The maximum Gasteiger partial charge on any atom is 0.407 e. The summed E-state index contributed by atoms with van der Waals surface area (Å²) in [5.41, 5.74) is 2.30. The molecule has 1 aliphatic heterocycles. The third-order valence-electron chi connectivity index (χ3n) is 7.29. The molecule has 1 heterocycles. The van der Waals surface area contributed by atoms with Gasteiger partial charge in [-0.05, 0) is 29.5 Å². The summed E-state index contributed by atoms with van der Waals surface area (Å²) in [5, 5.41) is 17.6. The van der Waals surface area contributed by atoms with E-state index in [-0.39, 0.29) is 26.0 Å². The zero-order valence-corrected chi connectivity index (χ0v) is 24.2. The monoisotopic (exact) mass is 600 g/mol. The van der Waals surface area contributed by atoms with E-state index in [0.29, 0.717) is 19.4 Å². The van der Waals surface area contributed by atoms with Gasteiger partial charge in [-0.1, -0.05) is 91.0 Å². The van der Waals surface area contributed by atoms with Crippen LogP contribution in [0.15, 0.2) is 91.0 Å². The van der Waals surface area contributed by atoms with Gasteiger partial charge in [0, 0.05) is 19.4 Å². The maximum atomic E-state index is 13.5. The number of hydrogen-bond acceptors (Lipinski definition) is 6. The molecule has 230 valence electrons. The SMILES string of the molecule is O=C(NCC(=O)N1CCCC1C(=O)NC(Cc1ccccc1)C(=O)NC(Cc1ccccc1)C(=O)O)OCc1ccccc1. The Morgan fingerprint density at radius 3 is 1.89 bits per heavy atom. The van der Waals surface area contributed by atoms with Crippen LogP contribution in [0.25, 0.3) is 0 Å². The first kappa shape index (κ1) is 31.7. The minimum Gasteiger partial charge on any atom is -0.480 e. The molecule has 0 bridgehead atoms. The van der Waals surface area contributed by atoms with Crippen molar-refractivity contribution in [3.05, 3.63) is 108 Å². The predicted octanol–water partition coefficient (Wildman–Crippen LogP) is 2.44. The average Bonchev–Trinajstić information content (AvgIpc) is 3.54. The van der Waals surface area contributed by atoms with Crippen molar-refractivity contribution in [1.82, 2.24) is 20.9 Å². The van der Waals surface area contributed by atoms with Gasteiger partial charge in [-0.3, -0.25) is 14.4 Å². The normalized spacial score (nSPS) is 15.5. The standard InChI is InChI=1S/C33H36N4O7/c38-29(21-34-33(43)44-22-25-15-8-3-9-16-25)37-18-10-17-28(37)31(40)35-26(19-23-11-4-1-5-12-23)30(39)36-27(32(41)42)20-24-13-6-2-7-14-24/h1-9,11-16,26-28H,10,17-22H2,(H,34,43)(H,35,40)(H,36,39)(H,41,42). The highest BCUT2D eigenvalue weighted by Gasteiger charge is 2.36. The minimum absolute atomic E-state index is 0.0502. The van der Waals surface area contributed by atoms with Crippen LogP contribution in [0.4, 0.5) is 4.79 Å². The lowest BCUT2D eigenvalue weighted by molar-refractivity contribution is -0.142.